The van der Waals surface area contributed by atoms with Crippen molar-refractivity contribution in [1.29, 1.82) is 5.26 Å². The maximum absolute atomic E-state index is 8.07. The third kappa shape index (κ3) is 5.78. The van der Waals surface area contributed by atoms with Crippen LogP contribution in [0.2, 0.25) is 0 Å². The lowest BCUT2D eigenvalue weighted by molar-refractivity contribution is 0.719. The zero-order valence-electron chi connectivity index (χ0n) is 4.53. The first-order valence-corrected chi connectivity index (χ1v) is 2.50. The average molecular weight is 118 g/mol. The fourth-order valence-electron chi connectivity index (χ4n) is 0.188. The molecule has 0 unspecified atom stereocenters. The van der Waals surface area contributed by atoms with Crippen molar-refractivity contribution >= 4 is 11.6 Å². The molecule has 0 aliphatic heterocycles. The highest BCUT2D eigenvalue weighted by atomic mass is 35.5. The molecule has 0 rings (SSSR count). The summed E-state index contributed by atoms with van der Waals surface area (Å²) >= 11 is 5.61. The van der Waals surface area contributed by atoms with Gasteiger partial charge in [0.15, 0.2) is 0 Å². The van der Waals surface area contributed by atoms with Gasteiger partial charge in [0.2, 0.25) is 0 Å². The summed E-state index contributed by atoms with van der Waals surface area (Å²) in [6.07, 6.45) is 0.411. The monoisotopic (exact) mass is 117 g/mol. The fourth-order valence-corrected chi connectivity index (χ4v) is 0.248. The van der Waals surface area contributed by atoms with Crippen LogP contribution < -0.4 is 0 Å². The van der Waals surface area contributed by atoms with E-state index >= 15 is 0 Å². The van der Waals surface area contributed by atoms with Crippen molar-refractivity contribution in [3.05, 3.63) is 0 Å². The lowest BCUT2D eigenvalue weighted by Crippen LogP contribution is -2.06. The van der Waals surface area contributed by atoms with Gasteiger partial charge in [0.1, 0.15) is 0 Å². The van der Waals surface area contributed by atoms with Crippen LogP contribution in [0.5, 0.6) is 0 Å². The highest BCUT2D eigenvalue weighted by Crippen LogP contribution is 2.15. The van der Waals surface area contributed by atoms with Gasteiger partial charge in [0.05, 0.1) is 17.4 Å². The molecule has 0 heterocycles. The predicted molar refractivity (Wildman–Crippen MR) is 30.2 cm³/mol. The van der Waals surface area contributed by atoms with E-state index < -0.39 is 0 Å². The van der Waals surface area contributed by atoms with Gasteiger partial charge in [0, 0.05) is 0 Å². The number of halogens is 1. The van der Waals surface area contributed by atoms with Crippen molar-refractivity contribution in [2.45, 2.75) is 25.1 Å². The van der Waals surface area contributed by atoms with Crippen LogP contribution in [0.1, 0.15) is 20.3 Å². The quantitative estimate of drug-likeness (QED) is 0.482. The molecule has 0 aromatic rings. The number of alkyl halides is 1. The van der Waals surface area contributed by atoms with E-state index in [0.29, 0.717) is 6.42 Å². The Labute approximate surface area is 48.9 Å². The van der Waals surface area contributed by atoms with E-state index in [1.165, 1.54) is 0 Å². The maximum atomic E-state index is 8.07. The molecule has 0 saturated heterocycles. The summed E-state index contributed by atoms with van der Waals surface area (Å²) in [5.41, 5.74) is 0. The Balaban J connectivity index is 3.40. The second kappa shape index (κ2) is 2.18. The molecule has 0 aromatic heterocycles. The zero-order chi connectivity index (χ0) is 5.91. The fraction of sp³-hybridized carbons (Fsp3) is 0.800. The van der Waals surface area contributed by atoms with E-state index in [-0.39, 0.29) is 4.87 Å². The zero-order valence-corrected chi connectivity index (χ0v) is 5.29. The van der Waals surface area contributed by atoms with Gasteiger partial charge in [-0.15, -0.1) is 11.6 Å². The molecular weight excluding hydrogens is 110 g/mol. The van der Waals surface area contributed by atoms with Crippen molar-refractivity contribution in [3.8, 4) is 6.07 Å². The summed E-state index contributed by atoms with van der Waals surface area (Å²) in [7, 11) is 0. The Morgan fingerprint density at radius 2 is 2.14 bits per heavy atom. The molecular formula is C5H8ClN. The number of nitriles is 1. The Bertz CT molecular complexity index is 85.2. The molecule has 0 aliphatic rings. The molecule has 0 aliphatic carbocycles. The van der Waals surface area contributed by atoms with Gasteiger partial charge in [-0.05, 0) is 13.8 Å². The van der Waals surface area contributed by atoms with Crippen LogP contribution in [0.15, 0.2) is 0 Å². The molecule has 1 nitrogen and oxygen atoms in total. The first kappa shape index (κ1) is 6.78. The van der Waals surface area contributed by atoms with Gasteiger partial charge in [-0.1, -0.05) is 0 Å². The minimum atomic E-state index is -0.339. The molecule has 0 atom stereocenters. The van der Waals surface area contributed by atoms with E-state index in [1.54, 1.807) is 0 Å². The minimum Gasteiger partial charge on any atom is -0.198 e. The summed E-state index contributed by atoms with van der Waals surface area (Å²) < 4.78 is 0. The van der Waals surface area contributed by atoms with Crippen LogP contribution in [0.3, 0.4) is 0 Å². The average Bonchev–Trinajstić information content (AvgIpc) is 1.30. The normalized spacial score (nSPS) is 10.6. The number of hydrogen-bond acceptors (Lipinski definition) is 1. The van der Waals surface area contributed by atoms with E-state index in [1.807, 2.05) is 19.9 Å². The Kier molecular flexibility index (Phi) is 2.11. The van der Waals surface area contributed by atoms with Gasteiger partial charge < -0.3 is 0 Å². The van der Waals surface area contributed by atoms with Crippen molar-refractivity contribution in [2.75, 3.05) is 0 Å². The van der Waals surface area contributed by atoms with Crippen LogP contribution in [0.4, 0.5) is 0 Å². The van der Waals surface area contributed by atoms with Crippen molar-refractivity contribution in [1.82, 2.24) is 0 Å². The summed E-state index contributed by atoms with van der Waals surface area (Å²) in [5, 5.41) is 8.07. The minimum absolute atomic E-state index is 0.339. The van der Waals surface area contributed by atoms with E-state index in [0.717, 1.165) is 0 Å². The Hall–Kier alpha value is -0.220. The van der Waals surface area contributed by atoms with Crippen LogP contribution in [-0.2, 0) is 0 Å². The summed E-state index contributed by atoms with van der Waals surface area (Å²) in [4.78, 5) is -0.339. The van der Waals surface area contributed by atoms with Crippen molar-refractivity contribution in [2.24, 2.45) is 0 Å². The SMILES string of the molecule is CC(C)(Cl)CC#N. The molecule has 0 fully saturated rings. The number of hydrogen-bond donors (Lipinski definition) is 0. The Morgan fingerprint density at radius 3 is 2.14 bits per heavy atom. The number of nitrogens with zero attached hydrogens (tertiary/aromatic N) is 1. The van der Waals surface area contributed by atoms with E-state index in [4.69, 9.17) is 16.9 Å². The molecule has 0 amide bonds. The molecule has 7 heavy (non-hydrogen) atoms. The lowest BCUT2D eigenvalue weighted by Gasteiger charge is -2.07. The first-order valence-electron chi connectivity index (χ1n) is 2.12. The van der Waals surface area contributed by atoms with Crippen LogP contribution in [-0.4, -0.2) is 4.87 Å². The molecule has 0 aromatic carbocycles. The van der Waals surface area contributed by atoms with Gasteiger partial charge in [0.25, 0.3) is 0 Å². The van der Waals surface area contributed by atoms with Crippen LogP contribution in [0, 0.1) is 11.3 Å². The number of rotatable bonds is 1. The van der Waals surface area contributed by atoms with Crippen LogP contribution >= 0.6 is 11.6 Å². The van der Waals surface area contributed by atoms with E-state index in [2.05, 4.69) is 0 Å². The largest absolute Gasteiger partial charge is 0.198 e. The third-order valence-corrected chi connectivity index (χ3v) is 0.633. The molecule has 0 radical (unpaired) electrons. The topological polar surface area (TPSA) is 23.8 Å². The first-order chi connectivity index (χ1) is 3.06. The molecule has 0 bridgehead atoms. The highest BCUT2D eigenvalue weighted by Gasteiger charge is 2.10. The summed E-state index contributed by atoms with van der Waals surface area (Å²) in [5.74, 6) is 0. The summed E-state index contributed by atoms with van der Waals surface area (Å²) in [6, 6.07) is 1.98. The van der Waals surface area contributed by atoms with E-state index in [9.17, 15) is 0 Å². The molecule has 2 heteroatoms. The standard InChI is InChI=1S/C5H8ClN/c1-5(2,6)3-4-7/h3H2,1-2H3. The smallest absolute Gasteiger partial charge is 0.0640 e. The second-order valence-electron chi connectivity index (χ2n) is 2.05. The van der Waals surface area contributed by atoms with Gasteiger partial charge in [-0.3, -0.25) is 0 Å². The van der Waals surface area contributed by atoms with Crippen molar-refractivity contribution in [3.63, 3.8) is 0 Å². The summed E-state index contributed by atoms with van der Waals surface area (Å²) in [6.45, 7) is 3.63. The Morgan fingerprint density at radius 1 is 1.71 bits per heavy atom. The predicted octanol–water partition coefficient (Wildman–Crippen LogP) is 1.92. The lowest BCUT2D eigenvalue weighted by atomic mass is 10.1. The maximum Gasteiger partial charge on any atom is 0.0640 e. The molecule has 0 spiro atoms. The van der Waals surface area contributed by atoms with Crippen LogP contribution in [0.25, 0.3) is 0 Å². The van der Waals surface area contributed by atoms with Gasteiger partial charge >= 0.3 is 0 Å². The molecule has 0 saturated carbocycles. The van der Waals surface area contributed by atoms with Crippen molar-refractivity contribution < 1.29 is 0 Å². The molecule has 40 valence electrons. The second-order valence-corrected chi connectivity index (χ2v) is 3.08. The van der Waals surface area contributed by atoms with Gasteiger partial charge in [-0.25, -0.2) is 0 Å². The molecule has 0 N–H and O–H groups in total. The highest BCUT2D eigenvalue weighted by molar-refractivity contribution is 6.23. The van der Waals surface area contributed by atoms with Gasteiger partial charge in [-0.2, -0.15) is 5.26 Å². The third-order valence-electron chi connectivity index (χ3n) is 0.499.